The number of aliphatic hydroxyl groups is 1. The molecule has 3 heteroatoms. The SMILES string of the molecule is CC(C)Oc1ccc(C2(O)CCOCC2)cc1. The van der Waals surface area contributed by atoms with Crippen LogP contribution in [0.25, 0.3) is 0 Å². The first-order valence-corrected chi connectivity index (χ1v) is 6.17. The molecule has 0 saturated carbocycles. The van der Waals surface area contributed by atoms with Gasteiger partial charge in [-0.3, -0.25) is 0 Å². The minimum Gasteiger partial charge on any atom is -0.491 e. The lowest BCUT2D eigenvalue weighted by molar-refractivity contribution is -0.0679. The Labute approximate surface area is 102 Å². The van der Waals surface area contributed by atoms with Crippen molar-refractivity contribution in [2.75, 3.05) is 13.2 Å². The Hall–Kier alpha value is -1.06. The summed E-state index contributed by atoms with van der Waals surface area (Å²) < 4.78 is 10.9. The zero-order valence-corrected chi connectivity index (χ0v) is 10.5. The monoisotopic (exact) mass is 236 g/mol. The second-order valence-corrected chi connectivity index (χ2v) is 4.83. The van der Waals surface area contributed by atoms with Gasteiger partial charge in [-0.25, -0.2) is 0 Å². The quantitative estimate of drug-likeness (QED) is 0.876. The van der Waals surface area contributed by atoms with Crippen LogP contribution in [0, 0.1) is 0 Å². The fraction of sp³-hybridized carbons (Fsp3) is 0.571. The van der Waals surface area contributed by atoms with Gasteiger partial charge in [0.2, 0.25) is 0 Å². The molecule has 2 rings (SSSR count). The van der Waals surface area contributed by atoms with Gasteiger partial charge in [0.25, 0.3) is 0 Å². The summed E-state index contributed by atoms with van der Waals surface area (Å²) in [6.45, 7) is 5.25. The molecule has 1 heterocycles. The number of benzene rings is 1. The third-order valence-electron chi connectivity index (χ3n) is 3.08. The first-order chi connectivity index (χ1) is 8.10. The van der Waals surface area contributed by atoms with Crippen molar-refractivity contribution in [2.24, 2.45) is 0 Å². The number of hydrogen-bond donors (Lipinski definition) is 1. The molecule has 0 aromatic heterocycles. The molecule has 1 fully saturated rings. The van der Waals surface area contributed by atoms with E-state index in [0.717, 1.165) is 11.3 Å². The van der Waals surface area contributed by atoms with Gasteiger partial charge < -0.3 is 14.6 Å². The predicted octanol–water partition coefficient (Wildman–Crippen LogP) is 2.47. The molecule has 17 heavy (non-hydrogen) atoms. The lowest BCUT2D eigenvalue weighted by atomic mass is 9.86. The minimum atomic E-state index is -0.728. The summed E-state index contributed by atoms with van der Waals surface area (Å²) in [5, 5.41) is 10.5. The fourth-order valence-electron chi connectivity index (χ4n) is 2.11. The van der Waals surface area contributed by atoms with Crippen LogP contribution < -0.4 is 4.74 Å². The third-order valence-corrected chi connectivity index (χ3v) is 3.08. The summed E-state index contributed by atoms with van der Waals surface area (Å²) in [6, 6.07) is 7.73. The smallest absolute Gasteiger partial charge is 0.119 e. The molecule has 1 aromatic carbocycles. The molecule has 0 atom stereocenters. The second-order valence-electron chi connectivity index (χ2n) is 4.83. The molecule has 0 amide bonds. The Morgan fingerprint density at radius 1 is 1.18 bits per heavy atom. The van der Waals surface area contributed by atoms with E-state index in [0.29, 0.717) is 26.1 Å². The van der Waals surface area contributed by atoms with Gasteiger partial charge in [-0.15, -0.1) is 0 Å². The molecule has 1 aliphatic heterocycles. The molecule has 1 saturated heterocycles. The minimum absolute atomic E-state index is 0.173. The summed E-state index contributed by atoms with van der Waals surface area (Å²) in [5.41, 5.74) is 0.228. The van der Waals surface area contributed by atoms with Gasteiger partial charge in [-0.05, 0) is 31.5 Å². The Kier molecular flexibility index (Phi) is 3.69. The van der Waals surface area contributed by atoms with E-state index in [-0.39, 0.29) is 6.10 Å². The first kappa shape index (κ1) is 12.4. The Balaban J connectivity index is 2.11. The van der Waals surface area contributed by atoms with E-state index in [1.54, 1.807) is 0 Å². The van der Waals surface area contributed by atoms with Crippen LogP contribution in [0.15, 0.2) is 24.3 Å². The second kappa shape index (κ2) is 5.07. The highest BCUT2D eigenvalue weighted by atomic mass is 16.5. The number of rotatable bonds is 3. The van der Waals surface area contributed by atoms with E-state index >= 15 is 0 Å². The lowest BCUT2D eigenvalue weighted by Gasteiger charge is -2.32. The van der Waals surface area contributed by atoms with Crippen molar-refractivity contribution in [3.05, 3.63) is 29.8 Å². The first-order valence-electron chi connectivity index (χ1n) is 6.17. The van der Waals surface area contributed by atoms with E-state index in [1.807, 2.05) is 38.1 Å². The van der Waals surface area contributed by atoms with Crippen LogP contribution in [-0.4, -0.2) is 24.4 Å². The zero-order valence-electron chi connectivity index (χ0n) is 10.5. The number of ether oxygens (including phenoxy) is 2. The Morgan fingerprint density at radius 2 is 1.76 bits per heavy atom. The van der Waals surface area contributed by atoms with Crippen LogP contribution >= 0.6 is 0 Å². The van der Waals surface area contributed by atoms with Crippen LogP contribution in [0.1, 0.15) is 32.3 Å². The van der Waals surface area contributed by atoms with Gasteiger partial charge in [0, 0.05) is 26.1 Å². The maximum atomic E-state index is 10.5. The van der Waals surface area contributed by atoms with Gasteiger partial charge in [0.05, 0.1) is 11.7 Å². The highest BCUT2D eigenvalue weighted by Crippen LogP contribution is 2.32. The van der Waals surface area contributed by atoms with E-state index < -0.39 is 5.60 Å². The summed E-state index contributed by atoms with van der Waals surface area (Å²) in [7, 11) is 0. The molecule has 0 radical (unpaired) electrons. The number of hydrogen-bond acceptors (Lipinski definition) is 3. The van der Waals surface area contributed by atoms with Crippen LogP contribution in [0.5, 0.6) is 5.75 Å². The molecule has 0 aliphatic carbocycles. The fourth-order valence-corrected chi connectivity index (χ4v) is 2.11. The summed E-state index contributed by atoms with van der Waals surface area (Å²) in [6.07, 6.45) is 1.50. The van der Waals surface area contributed by atoms with Crippen molar-refractivity contribution in [3.63, 3.8) is 0 Å². The summed E-state index contributed by atoms with van der Waals surface area (Å²) in [4.78, 5) is 0. The summed E-state index contributed by atoms with van der Waals surface area (Å²) in [5.74, 6) is 0.847. The van der Waals surface area contributed by atoms with Crippen molar-refractivity contribution < 1.29 is 14.6 Å². The predicted molar refractivity (Wildman–Crippen MR) is 66.2 cm³/mol. The van der Waals surface area contributed by atoms with Crippen LogP contribution in [-0.2, 0) is 10.3 Å². The van der Waals surface area contributed by atoms with Gasteiger partial charge in [-0.1, -0.05) is 12.1 Å². The molecule has 1 aliphatic rings. The molecule has 94 valence electrons. The van der Waals surface area contributed by atoms with E-state index in [4.69, 9.17) is 9.47 Å². The average molecular weight is 236 g/mol. The van der Waals surface area contributed by atoms with Crippen molar-refractivity contribution in [2.45, 2.75) is 38.4 Å². The molecule has 0 bridgehead atoms. The Morgan fingerprint density at radius 3 is 2.29 bits per heavy atom. The van der Waals surface area contributed by atoms with Crippen LogP contribution in [0.3, 0.4) is 0 Å². The van der Waals surface area contributed by atoms with Gasteiger partial charge in [0.1, 0.15) is 5.75 Å². The summed E-state index contributed by atoms with van der Waals surface area (Å²) >= 11 is 0. The third kappa shape index (κ3) is 2.99. The van der Waals surface area contributed by atoms with Gasteiger partial charge in [0.15, 0.2) is 0 Å². The van der Waals surface area contributed by atoms with Crippen LogP contribution in [0.2, 0.25) is 0 Å². The van der Waals surface area contributed by atoms with Crippen LogP contribution in [0.4, 0.5) is 0 Å². The van der Waals surface area contributed by atoms with Crippen molar-refractivity contribution in [1.29, 1.82) is 0 Å². The van der Waals surface area contributed by atoms with E-state index in [2.05, 4.69) is 0 Å². The molecule has 0 spiro atoms. The molecule has 3 nitrogen and oxygen atoms in total. The van der Waals surface area contributed by atoms with Crippen molar-refractivity contribution in [3.8, 4) is 5.75 Å². The van der Waals surface area contributed by atoms with Crippen molar-refractivity contribution >= 4 is 0 Å². The standard InChI is InChI=1S/C14H20O3/c1-11(2)17-13-5-3-12(4-6-13)14(15)7-9-16-10-8-14/h3-6,11,15H,7-10H2,1-2H3. The maximum Gasteiger partial charge on any atom is 0.119 e. The van der Waals surface area contributed by atoms with Crippen molar-refractivity contribution in [1.82, 2.24) is 0 Å². The molecule has 1 N–H and O–H groups in total. The molecule has 1 aromatic rings. The highest BCUT2D eigenvalue weighted by Gasteiger charge is 2.31. The maximum absolute atomic E-state index is 10.5. The zero-order chi connectivity index (χ0) is 12.3. The molecular formula is C14H20O3. The van der Waals surface area contributed by atoms with E-state index in [1.165, 1.54) is 0 Å². The lowest BCUT2D eigenvalue weighted by Crippen LogP contribution is -2.33. The van der Waals surface area contributed by atoms with E-state index in [9.17, 15) is 5.11 Å². The molecular weight excluding hydrogens is 216 g/mol. The normalized spacial score (nSPS) is 19.3. The van der Waals surface area contributed by atoms with Gasteiger partial charge >= 0.3 is 0 Å². The highest BCUT2D eigenvalue weighted by molar-refractivity contribution is 5.31. The average Bonchev–Trinajstić information content (AvgIpc) is 2.30. The topological polar surface area (TPSA) is 38.7 Å². The van der Waals surface area contributed by atoms with Gasteiger partial charge in [-0.2, -0.15) is 0 Å². The molecule has 0 unspecified atom stereocenters. The Bertz CT molecular complexity index is 350. The largest absolute Gasteiger partial charge is 0.491 e.